The number of morpholine rings is 1. The van der Waals surface area contributed by atoms with Gasteiger partial charge in [-0.2, -0.15) is 0 Å². The maximum Gasteiger partial charge on any atom is 0.223 e. The Morgan fingerprint density at radius 3 is 2.88 bits per heavy atom. The number of amides is 1. The first-order valence-electron chi connectivity index (χ1n) is 11.2. The number of allylic oxidation sites excluding steroid dienone is 1. The molecule has 1 saturated carbocycles. The number of H-pyrrole nitrogens is 1. The topological polar surface area (TPSA) is 109 Å². The molecule has 32 heavy (non-hydrogen) atoms. The fourth-order valence-electron chi connectivity index (χ4n) is 5.43. The number of hydrogen-bond acceptors (Lipinski definition) is 6. The minimum atomic E-state index is -0.241. The molecule has 4 N–H and O–H groups in total. The summed E-state index contributed by atoms with van der Waals surface area (Å²) in [6.07, 6.45) is 7.07. The number of hydrogen-bond donors (Lipinski definition) is 3. The number of nitrogens with zero attached hydrogens (tertiary/aromatic N) is 3. The summed E-state index contributed by atoms with van der Waals surface area (Å²) in [6.45, 7) is 3.27. The molecule has 0 radical (unpaired) electrons. The number of rotatable bonds is 5. The van der Waals surface area contributed by atoms with Gasteiger partial charge in [0.15, 0.2) is 5.65 Å². The third-order valence-electron chi connectivity index (χ3n) is 7.00. The summed E-state index contributed by atoms with van der Waals surface area (Å²) in [4.78, 5) is 27.1. The molecule has 2 aromatic heterocycles. The highest BCUT2D eigenvalue weighted by Gasteiger charge is 2.47. The number of fused-ring (bicyclic) bond motifs is 3. The van der Waals surface area contributed by atoms with Gasteiger partial charge >= 0.3 is 0 Å². The SMILES string of the molecule is NC(=O)[C@H]1C2C=C[C@@H](C2)[C@H]1Nc1ccnc2nc(-c3cccc(N4CCOCC4)c3)[nH]c12. The van der Waals surface area contributed by atoms with E-state index in [0.717, 1.165) is 61.0 Å². The molecule has 3 heterocycles. The Morgan fingerprint density at radius 1 is 1.19 bits per heavy atom. The molecule has 2 aliphatic carbocycles. The van der Waals surface area contributed by atoms with E-state index in [9.17, 15) is 4.79 Å². The largest absolute Gasteiger partial charge is 0.379 e. The van der Waals surface area contributed by atoms with E-state index in [2.05, 4.69) is 56.6 Å². The number of pyridine rings is 1. The molecule has 8 nitrogen and oxygen atoms in total. The Morgan fingerprint density at radius 2 is 2.03 bits per heavy atom. The average molecular weight is 431 g/mol. The lowest BCUT2D eigenvalue weighted by Gasteiger charge is -2.29. The summed E-state index contributed by atoms with van der Waals surface area (Å²) in [6, 6.07) is 10.3. The van der Waals surface area contributed by atoms with Crippen molar-refractivity contribution < 1.29 is 9.53 Å². The number of nitrogens with one attached hydrogen (secondary N) is 2. The minimum Gasteiger partial charge on any atom is -0.379 e. The van der Waals surface area contributed by atoms with E-state index >= 15 is 0 Å². The second-order valence-electron chi connectivity index (χ2n) is 8.84. The lowest BCUT2D eigenvalue weighted by Crippen LogP contribution is -2.41. The van der Waals surface area contributed by atoms with Gasteiger partial charge in [0.2, 0.25) is 5.91 Å². The molecule has 164 valence electrons. The fourth-order valence-corrected chi connectivity index (χ4v) is 5.43. The third-order valence-corrected chi connectivity index (χ3v) is 7.00. The second kappa shape index (κ2) is 7.63. The van der Waals surface area contributed by atoms with Crippen LogP contribution in [0.15, 0.2) is 48.7 Å². The number of carbonyl (C=O) groups is 1. The quantitative estimate of drug-likeness (QED) is 0.537. The van der Waals surface area contributed by atoms with Crippen LogP contribution in [0, 0.1) is 17.8 Å². The van der Waals surface area contributed by atoms with Crippen molar-refractivity contribution in [1.29, 1.82) is 0 Å². The van der Waals surface area contributed by atoms with Crippen LogP contribution in [0.2, 0.25) is 0 Å². The number of carbonyl (C=O) groups excluding carboxylic acids is 1. The number of aromatic amines is 1. The van der Waals surface area contributed by atoms with Crippen molar-refractivity contribution >= 4 is 28.4 Å². The van der Waals surface area contributed by atoms with Gasteiger partial charge in [0.05, 0.1) is 24.8 Å². The molecule has 6 rings (SSSR count). The van der Waals surface area contributed by atoms with E-state index in [1.807, 2.05) is 6.07 Å². The number of imidazole rings is 1. The van der Waals surface area contributed by atoms with Gasteiger partial charge < -0.3 is 25.7 Å². The molecular formula is C24H26N6O2. The van der Waals surface area contributed by atoms with Gasteiger partial charge in [-0.15, -0.1) is 0 Å². The third kappa shape index (κ3) is 3.22. The predicted molar refractivity (Wildman–Crippen MR) is 123 cm³/mol. The van der Waals surface area contributed by atoms with E-state index in [1.54, 1.807) is 6.20 Å². The summed E-state index contributed by atoms with van der Waals surface area (Å²) >= 11 is 0. The minimum absolute atomic E-state index is 0.00972. The molecule has 1 aromatic carbocycles. The molecule has 1 saturated heterocycles. The number of primary amides is 1. The van der Waals surface area contributed by atoms with E-state index in [4.69, 9.17) is 15.5 Å². The number of benzene rings is 1. The smallest absolute Gasteiger partial charge is 0.223 e. The Hall–Kier alpha value is -3.39. The maximum absolute atomic E-state index is 12.1. The van der Waals surface area contributed by atoms with Gasteiger partial charge in [-0.3, -0.25) is 4.79 Å². The van der Waals surface area contributed by atoms with Crippen molar-refractivity contribution in [3.63, 3.8) is 0 Å². The van der Waals surface area contributed by atoms with Crippen molar-refractivity contribution in [3.05, 3.63) is 48.7 Å². The Balaban J connectivity index is 1.32. The highest BCUT2D eigenvalue weighted by Crippen LogP contribution is 2.45. The van der Waals surface area contributed by atoms with E-state index in [-0.39, 0.29) is 23.8 Å². The standard InChI is InChI=1S/C24H26N6O2/c25-22(31)19-14-4-5-15(12-14)20(19)27-18-6-7-26-24-21(18)28-23(29-24)16-2-1-3-17(13-16)30-8-10-32-11-9-30/h1-7,13-15,19-20H,8-12H2,(H2,25,31)(H2,26,27,28,29)/t14?,15-,19-,20+/m0/s1. The summed E-state index contributed by atoms with van der Waals surface area (Å²) in [5, 5.41) is 3.59. The van der Waals surface area contributed by atoms with Crippen LogP contribution in [0.3, 0.4) is 0 Å². The van der Waals surface area contributed by atoms with Crippen molar-refractivity contribution in [2.24, 2.45) is 23.5 Å². The maximum atomic E-state index is 12.1. The summed E-state index contributed by atoms with van der Waals surface area (Å²) in [5.41, 5.74) is 10.3. The number of nitrogens with two attached hydrogens (primary N) is 1. The van der Waals surface area contributed by atoms with Crippen LogP contribution in [-0.4, -0.2) is 53.2 Å². The van der Waals surface area contributed by atoms with Crippen LogP contribution in [0.5, 0.6) is 0 Å². The number of ether oxygens (including phenoxy) is 1. The van der Waals surface area contributed by atoms with Crippen LogP contribution in [0.4, 0.5) is 11.4 Å². The summed E-state index contributed by atoms with van der Waals surface area (Å²) in [5.74, 6) is 0.882. The summed E-state index contributed by atoms with van der Waals surface area (Å²) < 4.78 is 5.48. The fraction of sp³-hybridized carbons (Fsp3) is 0.375. The zero-order valence-corrected chi connectivity index (χ0v) is 17.7. The monoisotopic (exact) mass is 430 g/mol. The zero-order valence-electron chi connectivity index (χ0n) is 17.7. The Kier molecular flexibility index (Phi) is 4.61. The first kappa shape index (κ1) is 19.3. The van der Waals surface area contributed by atoms with Gasteiger partial charge in [-0.1, -0.05) is 24.3 Å². The predicted octanol–water partition coefficient (Wildman–Crippen LogP) is 2.55. The van der Waals surface area contributed by atoms with Gasteiger partial charge in [0, 0.05) is 36.6 Å². The molecule has 0 spiro atoms. The molecule has 2 fully saturated rings. The Labute approximate surface area is 185 Å². The van der Waals surface area contributed by atoms with Gasteiger partial charge in [-0.25, -0.2) is 9.97 Å². The molecule has 1 aliphatic heterocycles. The highest BCUT2D eigenvalue weighted by atomic mass is 16.5. The molecular weight excluding hydrogens is 404 g/mol. The van der Waals surface area contributed by atoms with E-state index < -0.39 is 0 Å². The first-order valence-corrected chi connectivity index (χ1v) is 11.2. The lowest BCUT2D eigenvalue weighted by molar-refractivity contribution is -0.122. The first-order chi connectivity index (χ1) is 15.7. The van der Waals surface area contributed by atoms with Gasteiger partial charge in [0.1, 0.15) is 11.3 Å². The zero-order chi connectivity index (χ0) is 21.7. The average Bonchev–Trinajstić information content (AvgIpc) is 3.55. The molecule has 2 bridgehead atoms. The highest BCUT2D eigenvalue weighted by molar-refractivity contribution is 5.89. The molecule has 8 heteroatoms. The molecule has 3 aromatic rings. The van der Waals surface area contributed by atoms with Crippen LogP contribution in [-0.2, 0) is 9.53 Å². The molecule has 1 amide bonds. The Bertz CT molecular complexity index is 1200. The molecule has 4 atom stereocenters. The number of aromatic nitrogens is 3. The van der Waals surface area contributed by atoms with Crippen LogP contribution in [0.1, 0.15) is 6.42 Å². The lowest BCUT2D eigenvalue weighted by atomic mass is 9.88. The normalized spacial score (nSPS) is 26.7. The van der Waals surface area contributed by atoms with Crippen LogP contribution in [0.25, 0.3) is 22.6 Å². The second-order valence-corrected chi connectivity index (χ2v) is 8.84. The van der Waals surface area contributed by atoms with Crippen molar-refractivity contribution in [2.75, 3.05) is 36.5 Å². The van der Waals surface area contributed by atoms with Crippen LogP contribution < -0.4 is 16.0 Å². The number of anilines is 2. The molecule has 1 unspecified atom stereocenters. The van der Waals surface area contributed by atoms with Crippen molar-refractivity contribution in [3.8, 4) is 11.4 Å². The van der Waals surface area contributed by atoms with Gasteiger partial charge in [0.25, 0.3) is 0 Å². The molecule has 3 aliphatic rings. The van der Waals surface area contributed by atoms with Gasteiger partial charge in [-0.05, 0) is 36.5 Å². The van der Waals surface area contributed by atoms with E-state index in [0.29, 0.717) is 11.6 Å². The van der Waals surface area contributed by atoms with Crippen molar-refractivity contribution in [1.82, 2.24) is 15.0 Å². The van der Waals surface area contributed by atoms with Crippen molar-refractivity contribution in [2.45, 2.75) is 12.5 Å². The summed E-state index contributed by atoms with van der Waals surface area (Å²) in [7, 11) is 0. The van der Waals surface area contributed by atoms with E-state index in [1.165, 1.54) is 0 Å². The van der Waals surface area contributed by atoms with Crippen LogP contribution >= 0.6 is 0 Å².